The van der Waals surface area contributed by atoms with Crippen LogP contribution in [0.15, 0.2) is 59.3 Å². The molecule has 2 aromatic rings. The van der Waals surface area contributed by atoms with Gasteiger partial charge < -0.3 is 25.7 Å². The summed E-state index contributed by atoms with van der Waals surface area (Å²) in [5, 5.41) is 14.1. The maximum absolute atomic E-state index is 12.7. The maximum atomic E-state index is 12.7. The van der Waals surface area contributed by atoms with Gasteiger partial charge in [0, 0.05) is 35.0 Å². The van der Waals surface area contributed by atoms with Crippen molar-refractivity contribution in [2.75, 3.05) is 24.3 Å². The number of thioether (sulfide) groups is 1. The van der Waals surface area contributed by atoms with E-state index in [9.17, 15) is 4.79 Å². The van der Waals surface area contributed by atoms with Gasteiger partial charge in [0.2, 0.25) is 0 Å². The number of amides is 1. The van der Waals surface area contributed by atoms with E-state index in [-0.39, 0.29) is 11.4 Å². The number of carbonyl (C=O) groups excluding carboxylic acids is 1. The molecule has 0 radical (unpaired) electrons. The zero-order valence-corrected chi connectivity index (χ0v) is 19.3. The summed E-state index contributed by atoms with van der Waals surface area (Å²) in [7, 11) is 0. The van der Waals surface area contributed by atoms with E-state index in [0.29, 0.717) is 31.0 Å². The third kappa shape index (κ3) is 6.04. The Bertz CT molecular complexity index is 965. The molecule has 2 aromatic carbocycles. The summed E-state index contributed by atoms with van der Waals surface area (Å²) in [4.78, 5) is 15.9. The van der Waals surface area contributed by atoms with Crippen LogP contribution in [0.25, 0.3) is 0 Å². The van der Waals surface area contributed by atoms with Gasteiger partial charge in [-0.3, -0.25) is 4.79 Å². The van der Waals surface area contributed by atoms with E-state index in [1.807, 2.05) is 35.6 Å². The van der Waals surface area contributed by atoms with Crippen LogP contribution in [0.4, 0.5) is 5.69 Å². The van der Waals surface area contributed by atoms with Gasteiger partial charge in [0.05, 0.1) is 17.9 Å². The summed E-state index contributed by atoms with van der Waals surface area (Å²) in [5.41, 5.74) is 3.10. The molecule has 3 rings (SSSR count). The topological polar surface area (TPSA) is 77.5 Å². The minimum atomic E-state index is -0.144. The molecular weight excluding hydrogens is 408 g/mol. The summed E-state index contributed by atoms with van der Waals surface area (Å²) in [6, 6.07) is 13.6. The SMILES string of the molecule is CSc1ccc(CNC(=O)c2ccc3c(c2)OCCN3/C(C=N)=C/NC(C)(C)C)cc1. The zero-order chi connectivity index (χ0) is 22.4. The largest absolute Gasteiger partial charge is 0.490 e. The minimum Gasteiger partial charge on any atom is -0.490 e. The number of benzene rings is 2. The zero-order valence-electron chi connectivity index (χ0n) is 18.5. The number of fused-ring (bicyclic) bond motifs is 1. The van der Waals surface area contributed by atoms with Gasteiger partial charge in [0.15, 0.2) is 0 Å². The van der Waals surface area contributed by atoms with Crippen LogP contribution in [-0.4, -0.2) is 37.1 Å². The lowest BCUT2D eigenvalue weighted by molar-refractivity contribution is 0.0950. The molecule has 6 nitrogen and oxygen atoms in total. The lowest BCUT2D eigenvalue weighted by atomic mass is 10.1. The second-order valence-electron chi connectivity index (χ2n) is 8.32. The molecule has 0 spiro atoms. The molecule has 0 aliphatic carbocycles. The molecule has 3 N–H and O–H groups in total. The molecule has 31 heavy (non-hydrogen) atoms. The Hall–Kier alpha value is -2.93. The van der Waals surface area contributed by atoms with Crippen molar-refractivity contribution in [3.63, 3.8) is 0 Å². The standard InChI is InChI=1S/C24H30N4O2S/c1-24(2,3)27-16-19(14-25)28-11-12-30-22-13-18(7-10-21(22)28)23(29)26-15-17-5-8-20(31-4)9-6-17/h5-10,13-14,16,25,27H,11-12,15H2,1-4H3,(H,26,29)/b19-16+,25-14?. The van der Waals surface area contributed by atoms with Gasteiger partial charge in [-0.05, 0) is 62.9 Å². The molecule has 0 saturated heterocycles. The number of anilines is 1. The molecule has 0 unspecified atom stereocenters. The van der Waals surface area contributed by atoms with Gasteiger partial charge in [-0.2, -0.15) is 0 Å². The van der Waals surface area contributed by atoms with Crippen molar-refractivity contribution in [2.24, 2.45) is 0 Å². The number of nitrogens with one attached hydrogen (secondary N) is 3. The first-order chi connectivity index (χ1) is 14.8. The quantitative estimate of drug-likeness (QED) is 0.441. The highest BCUT2D eigenvalue weighted by Crippen LogP contribution is 2.34. The van der Waals surface area contributed by atoms with Gasteiger partial charge in [0.1, 0.15) is 12.4 Å². The molecule has 0 fully saturated rings. The van der Waals surface area contributed by atoms with Crippen LogP contribution in [0.2, 0.25) is 0 Å². The molecule has 1 aliphatic heterocycles. The first-order valence-corrected chi connectivity index (χ1v) is 11.5. The number of rotatable bonds is 7. The number of allylic oxidation sites excluding steroid dienone is 1. The van der Waals surface area contributed by atoms with Crippen LogP contribution in [0.1, 0.15) is 36.7 Å². The van der Waals surface area contributed by atoms with E-state index in [0.717, 1.165) is 16.9 Å². The van der Waals surface area contributed by atoms with Crippen molar-refractivity contribution in [2.45, 2.75) is 37.8 Å². The number of hydrogen-bond donors (Lipinski definition) is 3. The molecule has 0 atom stereocenters. The Morgan fingerprint density at radius 3 is 2.61 bits per heavy atom. The molecule has 1 amide bonds. The highest BCUT2D eigenvalue weighted by Gasteiger charge is 2.22. The van der Waals surface area contributed by atoms with E-state index >= 15 is 0 Å². The number of nitrogens with zero attached hydrogens (tertiary/aromatic N) is 1. The Kier molecular flexibility index (Phi) is 7.28. The summed E-state index contributed by atoms with van der Waals surface area (Å²) in [6.07, 6.45) is 5.22. The average Bonchev–Trinajstić information content (AvgIpc) is 2.77. The Labute approximate surface area is 188 Å². The Morgan fingerprint density at radius 1 is 1.23 bits per heavy atom. The molecule has 0 bridgehead atoms. The molecule has 1 aliphatic rings. The number of hydrogen-bond acceptors (Lipinski definition) is 6. The number of ether oxygens (including phenoxy) is 1. The Balaban J connectivity index is 1.72. The van der Waals surface area contributed by atoms with E-state index in [1.165, 1.54) is 11.1 Å². The van der Waals surface area contributed by atoms with Gasteiger partial charge in [-0.1, -0.05) is 12.1 Å². The fourth-order valence-electron chi connectivity index (χ4n) is 3.15. The van der Waals surface area contributed by atoms with Crippen LogP contribution < -0.4 is 20.3 Å². The van der Waals surface area contributed by atoms with Crippen molar-refractivity contribution >= 4 is 29.6 Å². The lowest BCUT2D eigenvalue weighted by Crippen LogP contribution is -2.36. The third-order valence-electron chi connectivity index (χ3n) is 4.81. The first-order valence-electron chi connectivity index (χ1n) is 10.2. The van der Waals surface area contributed by atoms with E-state index in [2.05, 4.69) is 43.5 Å². The predicted octanol–water partition coefficient (Wildman–Crippen LogP) is 4.42. The fraction of sp³-hybridized carbons (Fsp3) is 0.333. The highest BCUT2D eigenvalue weighted by molar-refractivity contribution is 7.98. The summed E-state index contributed by atoms with van der Waals surface area (Å²) in [6.45, 7) is 7.80. The molecule has 0 aromatic heterocycles. The molecule has 164 valence electrons. The van der Waals surface area contributed by atoms with Crippen LogP contribution in [-0.2, 0) is 6.54 Å². The van der Waals surface area contributed by atoms with Gasteiger partial charge in [-0.15, -0.1) is 11.8 Å². The smallest absolute Gasteiger partial charge is 0.251 e. The monoisotopic (exact) mass is 438 g/mol. The van der Waals surface area contributed by atoms with E-state index in [1.54, 1.807) is 23.9 Å². The third-order valence-corrected chi connectivity index (χ3v) is 5.55. The van der Waals surface area contributed by atoms with E-state index < -0.39 is 0 Å². The van der Waals surface area contributed by atoms with Crippen molar-refractivity contribution in [1.82, 2.24) is 10.6 Å². The van der Waals surface area contributed by atoms with Crippen LogP contribution >= 0.6 is 11.8 Å². The predicted molar refractivity (Wildman–Crippen MR) is 128 cm³/mol. The van der Waals surface area contributed by atoms with Crippen molar-refractivity contribution in [3.05, 3.63) is 65.5 Å². The van der Waals surface area contributed by atoms with Gasteiger partial charge in [-0.25, -0.2) is 0 Å². The van der Waals surface area contributed by atoms with Crippen LogP contribution in [0.3, 0.4) is 0 Å². The van der Waals surface area contributed by atoms with Crippen molar-refractivity contribution in [1.29, 1.82) is 5.41 Å². The highest BCUT2D eigenvalue weighted by atomic mass is 32.2. The average molecular weight is 439 g/mol. The molecule has 7 heteroatoms. The van der Waals surface area contributed by atoms with E-state index in [4.69, 9.17) is 10.1 Å². The minimum absolute atomic E-state index is 0.0962. The lowest BCUT2D eigenvalue weighted by Gasteiger charge is -2.32. The van der Waals surface area contributed by atoms with Gasteiger partial charge >= 0.3 is 0 Å². The Morgan fingerprint density at radius 2 is 1.97 bits per heavy atom. The van der Waals surface area contributed by atoms with Crippen LogP contribution in [0.5, 0.6) is 5.75 Å². The molecule has 1 heterocycles. The van der Waals surface area contributed by atoms with Crippen molar-refractivity contribution < 1.29 is 9.53 Å². The fourth-order valence-corrected chi connectivity index (χ4v) is 3.55. The van der Waals surface area contributed by atoms with Gasteiger partial charge in [0.25, 0.3) is 5.91 Å². The first kappa shape index (κ1) is 22.7. The molecule has 0 saturated carbocycles. The normalized spacial score (nSPS) is 13.8. The number of carbonyl (C=O) groups is 1. The second kappa shape index (κ2) is 9.92. The summed E-state index contributed by atoms with van der Waals surface area (Å²) in [5.74, 6) is 0.501. The van der Waals surface area contributed by atoms with Crippen molar-refractivity contribution in [3.8, 4) is 5.75 Å². The summed E-state index contributed by atoms with van der Waals surface area (Å²) < 4.78 is 5.83. The van der Waals surface area contributed by atoms with Crippen LogP contribution in [0, 0.1) is 5.41 Å². The summed E-state index contributed by atoms with van der Waals surface area (Å²) >= 11 is 1.69. The maximum Gasteiger partial charge on any atom is 0.251 e. The second-order valence-corrected chi connectivity index (χ2v) is 9.20. The molecular formula is C24H30N4O2S.